The Morgan fingerprint density at radius 2 is 1.50 bits per heavy atom. The smallest absolute Gasteiger partial charge is 0.352 e. The second-order valence-corrected chi connectivity index (χ2v) is 1.85. The summed E-state index contributed by atoms with van der Waals surface area (Å²) in [5, 5.41) is 7.63. The van der Waals surface area contributed by atoms with E-state index in [0.717, 1.165) is 0 Å². The van der Waals surface area contributed by atoms with Gasteiger partial charge in [0, 0.05) is 0 Å². The predicted octanol–water partition coefficient (Wildman–Crippen LogP) is 1.74. The van der Waals surface area contributed by atoms with Gasteiger partial charge in [-0.15, -0.1) is 0 Å². The molecule has 2 atom stereocenters. The van der Waals surface area contributed by atoms with E-state index in [-0.39, 0.29) is 0 Å². The first-order valence-electron chi connectivity index (χ1n) is 1.95. The van der Waals surface area contributed by atoms with Crippen LogP contribution in [0.2, 0.25) is 0 Å². The van der Waals surface area contributed by atoms with Crippen molar-refractivity contribution >= 4 is 11.6 Å². The Balaban J connectivity index is 4.40. The summed E-state index contributed by atoms with van der Waals surface area (Å²) < 4.78 is 56.4. The van der Waals surface area contributed by atoms with E-state index < -0.39 is 17.7 Å². The van der Waals surface area contributed by atoms with E-state index in [0.29, 0.717) is 0 Å². The molecule has 0 aliphatic rings. The quantitative estimate of drug-likeness (QED) is 0.486. The predicted molar refractivity (Wildman–Crippen MR) is 22.9 cm³/mol. The minimum absolute atomic E-state index is 3.51. The van der Waals surface area contributed by atoms with Crippen molar-refractivity contribution < 1.29 is 27.1 Å². The van der Waals surface area contributed by atoms with E-state index in [1.165, 1.54) is 0 Å². The van der Waals surface area contributed by atoms with Crippen LogP contribution in [0.1, 0.15) is 0 Å². The molecule has 62 valence electrons. The molecule has 0 radical (unpaired) electrons. The van der Waals surface area contributed by atoms with Gasteiger partial charge in [0.2, 0.25) is 5.63 Å². The van der Waals surface area contributed by atoms with Crippen molar-refractivity contribution in [3.63, 3.8) is 0 Å². The lowest BCUT2D eigenvalue weighted by molar-refractivity contribution is -0.325. The van der Waals surface area contributed by atoms with Gasteiger partial charge in [-0.1, -0.05) is 11.6 Å². The molecule has 0 amide bonds. The van der Waals surface area contributed by atoms with E-state index in [1.807, 2.05) is 0 Å². The zero-order valence-corrected chi connectivity index (χ0v) is 5.05. The van der Waals surface area contributed by atoms with Crippen molar-refractivity contribution in [2.24, 2.45) is 0 Å². The highest BCUT2D eigenvalue weighted by atomic mass is 35.5. The van der Waals surface area contributed by atoms with Crippen LogP contribution in [0.4, 0.5) is 22.0 Å². The van der Waals surface area contributed by atoms with Crippen LogP contribution in [-0.4, -0.2) is 22.8 Å². The molecule has 0 bridgehead atoms. The summed E-state index contributed by atoms with van der Waals surface area (Å²) in [4.78, 5) is 0. The molecule has 0 aromatic heterocycles. The first-order valence-corrected chi connectivity index (χ1v) is 2.39. The van der Waals surface area contributed by atoms with Crippen molar-refractivity contribution in [3.8, 4) is 0 Å². The summed E-state index contributed by atoms with van der Waals surface area (Å²) in [5.74, 6) is -4.96. The van der Waals surface area contributed by atoms with Gasteiger partial charge in [-0.25, -0.2) is 4.39 Å². The lowest BCUT2D eigenvalue weighted by Crippen LogP contribution is -2.46. The van der Waals surface area contributed by atoms with Crippen molar-refractivity contribution in [1.82, 2.24) is 0 Å². The first kappa shape index (κ1) is 9.90. The average Bonchev–Trinajstić information content (AvgIpc) is 1.62. The summed E-state index contributed by atoms with van der Waals surface area (Å²) in [6.45, 7) is 0. The third-order valence-electron chi connectivity index (χ3n) is 0.687. The third-order valence-corrected chi connectivity index (χ3v) is 0.976. The topological polar surface area (TPSA) is 20.2 Å². The van der Waals surface area contributed by atoms with Crippen molar-refractivity contribution in [2.45, 2.75) is 17.7 Å². The van der Waals surface area contributed by atoms with Gasteiger partial charge in [0.05, 0.1) is 0 Å². The van der Waals surface area contributed by atoms with Gasteiger partial charge in [-0.3, -0.25) is 0 Å². The van der Waals surface area contributed by atoms with Crippen LogP contribution < -0.4 is 0 Å². The zero-order chi connectivity index (χ0) is 8.58. The van der Waals surface area contributed by atoms with Crippen LogP contribution in [0, 0.1) is 0 Å². The van der Waals surface area contributed by atoms with E-state index in [2.05, 4.69) is 11.6 Å². The van der Waals surface area contributed by atoms with Crippen LogP contribution >= 0.6 is 11.6 Å². The van der Waals surface area contributed by atoms with Gasteiger partial charge in [0.1, 0.15) is 0 Å². The minimum atomic E-state index is -5.70. The molecular formula is C3H2ClF5O. The maximum atomic E-state index is 11.6. The number of hydrogen-bond acceptors (Lipinski definition) is 1. The number of hydrogen-bond donors (Lipinski definition) is 1. The van der Waals surface area contributed by atoms with Crippen molar-refractivity contribution in [2.75, 3.05) is 0 Å². The highest BCUT2D eigenvalue weighted by molar-refractivity contribution is 6.20. The van der Waals surface area contributed by atoms with Crippen LogP contribution in [0.15, 0.2) is 0 Å². The minimum Gasteiger partial charge on any atom is -0.352 e. The van der Waals surface area contributed by atoms with Crippen molar-refractivity contribution in [3.05, 3.63) is 0 Å². The van der Waals surface area contributed by atoms with E-state index in [1.54, 1.807) is 0 Å². The van der Waals surface area contributed by atoms with Gasteiger partial charge in [0.25, 0.3) is 0 Å². The SMILES string of the molecule is OC(F)(C(F)Cl)C(F)(F)F. The van der Waals surface area contributed by atoms with Crippen LogP contribution in [0.5, 0.6) is 0 Å². The fourth-order valence-electron chi connectivity index (χ4n) is 0.124. The molecule has 0 rings (SSSR count). The molecule has 0 spiro atoms. The highest BCUT2D eigenvalue weighted by Crippen LogP contribution is 2.37. The largest absolute Gasteiger partial charge is 0.452 e. The summed E-state index contributed by atoms with van der Waals surface area (Å²) in [5.41, 5.74) is -3.51. The fraction of sp³-hybridized carbons (Fsp3) is 1.00. The average molecular weight is 184 g/mol. The molecule has 0 saturated carbocycles. The first-order chi connectivity index (χ1) is 4.19. The molecular weight excluding hydrogens is 182 g/mol. The molecule has 1 N–H and O–H groups in total. The zero-order valence-electron chi connectivity index (χ0n) is 4.29. The molecule has 1 nitrogen and oxygen atoms in total. The Hall–Kier alpha value is -0.100. The lowest BCUT2D eigenvalue weighted by Gasteiger charge is -2.21. The van der Waals surface area contributed by atoms with Gasteiger partial charge >= 0.3 is 12.0 Å². The van der Waals surface area contributed by atoms with E-state index in [4.69, 9.17) is 5.11 Å². The molecule has 7 heteroatoms. The maximum Gasteiger partial charge on any atom is 0.452 e. The molecule has 2 unspecified atom stereocenters. The van der Waals surface area contributed by atoms with Crippen LogP contribution in [0.3, 0.4) is 0 Å². The Labute approximate surface area is 57.4 Å². The number of aliphatic hydroxyl groups is 1. The monoisotopic (exact) mass is 184 g/mol. The number of halogens is 6. The molecule has 0 aliphatic heterocycles. The maximum absolute atomic E-state index is 11.6. The Morgan fingerprint density at radius 3 is 1.50 bits per heavy atom. The van der Waals surface area contributed by atoms with Gasteiger partial charge < -0.3 is 5.11 Å². The number of alkyl halides is 6. The van der Waals surface area contributed by atoms with Crippen LogP contribution in [0.25, 0.3) is 0 Å². The Bertz CT molecular complexity index is 119. The summed E-state index contributed by atoms with van der Waals surface area (Å²) in [6.07, 6.45) is -5.70. The van der Waals surface area contributed by atoms with Gasteiger partial charge in [-0.2, -0.15) is 17.6 Å². The molecule has 0 heterocycles. The summed E-state index contributed by atoms with van der Waals surface area (Å²) in [7, 11) is 0. The normalized spacial score (nSPS) is 21.9. The molecule has 0 fully saturated rings. The van der Waals surface area contributed by atoms with E-state index >= 15 is 0 Å². The molecule has 0 saturated heterocycles. The second-order valence-electron chi connectivity index (χ2n) is 1.47. The fourth-order valence-corrected chi connectivity index (χ4v) is 0.247. The lowest BCUT2D eigenvalue weighted by atomic mass is 10.3. The second kappa shape index (κ2) is 2.50. The van der Waals surface area contributed by atoms with E-state index in [9.17, 15) is 22.0 Å². The van der Waals surface area contributed by atoms with Crippen molar-refractivity contribution in [1.29, 1.82) is 0 Å². The molecule has 0 aliphatic carbocycles. The third kappa shape index (κ3) is 1.69. The Kier molecular flexibility index (Phi) is 2.48. The highest BCUT2D eigenvalue weighted by Gasteiger charge is 2.60. The summed E-state index contributed by atoms with van der Waals surface area (Å²) in [6, 6.07) is 0. The van der Waals surface area contributed by atoms with Gasteiger partial charge in [-0.05, 0) is 0 Å². The summed E-state index contributed by atoms with van der Waals surface area (Å²) >= 11 is 4.04. The standard InChI is InChI=1S/C3H2ClF5O/c4-1(5)2(6,10)3(7,8)9/h1,10H. The van der Waals surface area contributed by atoms with Gasteiger partial charge in [0.15, 0.2) is 0 Å². The van der Waals surface area contributed by atoms with Crippen LogP contribution in [-0.2, 0) is 0 Å². The number of rotatable bonds is 1. The molecule has 10 heavy (non-hydrogen) atoms. The Morgan fingerprint density at radius 1 is 1.20 bits per heavy atom. The molecule has 0 aromatic rings. The molecule has 0 aromatic carbocycles.